The van der Waals surface area contributed by atoms with Gasteiger partial charge in [-0.1, -0.05) is 0 Å². The Hall–Kier alpha value is -2.08. The molecule has 0 aliphatic heterocycles. The van der Waals surface area contributed by atoms with Gasteiger partial charge in [0, 0.05) is 0 Å². The molecule has 1 aromatic heterocycles. The van der Waals surface area contributed by atoms with Crippen LogP contribution in [-0.4, -0.2) is 4.98 Å². The second-order valence-corrected chi connectivity index (χ2v) is 7.69. The number of hydrogen-bond acceptors (Lipinski definition) is 1. The Morgan fingerprint density at radius 2 is 1.46 bits per heavy atom. The van der Waals surface area contributed by atoms with Crippen molar-refractivity contribution in [3.63, 3.8) is 0 Å². The molecule has 4 heteroatoms. The molecule has 28 heavy (non-hydrogen) atoms. The monoisotopic (exact) mass is 440 g/mol. The van der Waals surface area contributed by atoms with Gasteiger partial charge in [-0.15, -0.1) is 0 Å². The number of fused-ring (bicyclic) bond motifs is 2. The summed E-state index contributed by atoms with van der Waals surface area (Å²) in [5.74, 6) is 0. The van der Waals surface area contributed by atoms with Gasteiger partial charge in [-0.05, 0) is 0 Å². The van der Waals surface area contributed by atoms with Gasteiger partial charge in [0.1, 0.15) is 0 Å². The van der Waals surface area contributed by atoms with Crippen molar-refractivity contribution in [2.45, 2.75) is 4.28 Å². The van der Waals surface area contributed by atoms with E-state index in [2.05, 4.69) is 106 Å². The average Bonchev–Trinajstić information content (AvgIpc) is 3.10. The van der Waals surface area contributed by atoms with E-state index >= 15 is 0 Å². The van der Waals surface area contributed by atoms with Crippen LogP contribution in [0.15, 0.2) is 97.2 Å². The first-order valence-corrected chi connectivity index (χ1v) is 9.33. The van der Waals surface area contributed by atoms with Crippen molar-refractivity contribution in [3.8, 4) is 0 Å². The molecule has 0 amide bonds. The fourth-order valence-corrected chi connectivity index (χ4v) is 4.33. The Bertz CT molecular complexity index is 1200. The van der Waals surface area contributed by atoms with E-state index < -0.39 is 0 Å². The number of nitrogens with zero attached hydrogens (tertiary/aromatic N) is 1. The van der Waals surface area contributed by atoms with Crippen LogP contribution in [0, 0.1) is 0 Å². The molecule has 1 aliphatic rings. The molecule has 0 saturated heterocycles. The van der Waals surface area contributed by atoms with E-state index in [1.165, 1.54) is 32.9 Å². The molecule has 0 fully saturated rings. The Morgan fingerprint density at radius 1 is 0.750 bits per heavy atom. The Labute approximate surface area is 185 Å². The van der Waals surface area contributed by atoms with E-state index in [0.717, 1.165) is 5.52 Å². The van der Waals surface area contributed by atoms with Crippen LogP contribution in [0.5, 0.6) is 0 Å². The maximum atomic E-state index is 4.64. The molecular weight excluding hydrogens is 425 g/mol. The molecule has 1 heterocycles. The molecule has 0 saturated carbocycles. The van der Waals surface area contributed by atoms with Crippen LogP contribution >= 0.6 is 0 Å². The fraction of sp³-hybridized carbons (Fsp3) is 0.0417. The number of allylic oxidation sites excluding steroid dienone is 4. The number of benzene rings is 3. The van der Waals surface area contributed by atoms with Gasteiger partial charge in [0.25, 0.3) is 0 Å². The number of aromatic nitrogens is 1. The van der Waals surface area contributed by atoms with Gasteiger partial charge in [0.05, 0.1) is 0 Å². The minimum atomic E-state index is -0.278. The predicted octanol–water partition coefficient (Wildman–Crippen LogP) is -0.208. The first kappa shape index (κ1) is 20.7. The van der Waals surface area contributed by atoms with Crippen LogP contribution in [0.3, 0.4) is 0 Å². The summed E-state index contributed by atoms with van der Waals surface area (Å²) in [4.78, 5) is 4.64. The normalized spacial score (nSPS) is 17.8. The molecule has 1 unspecified atom stereocenters. The second kappa shape index (κ2) is 8.12. The van der Waals surface area contributed by atoms with E-state index in [4.69, 9.17) is 0 Å². The van der Waals surface area contributed by atoms with Gasteiger partial charge in [-0.2, -0.15) is 0 Å². The zero-order valence-corrected chi connectivity index (χ0v) is 17.6. The predicted molar refractivity (Wildman–Crippen MR) is 104 cm³/mol. The first-order valence-electron chi connectivity index (χ1n) is 8.69. The van der Waals surface area contributed by atoms with Crippen LogP contribution in [0.4, 0.5) is 0 Å². The van der Waals surface area contributed by atoms with Crippen molar-refractivity contribution in [1.82, 2.24) is 4.98 Å². The van der Waals surface area contributed by atoms with Crippen LogP contribution < -0.4 is 24.8 Å². The molecule has 3 aromatic carbocycles. The topological polar surface area (TPSA) is 12.9 Å². The van der Waals surface area contributed by atoms with Gasteiger partial charge in [0.15, 0.2) is 0 Å². The third-order valence-electron chi connectivity index (χ3n) is 5.03. The second-order valence-electron chi connectivity index (χ2n) is 6.63. The van der Waals surface area contributed by atoms with E-state index in [0.29, 0.717) is 0 Å². The van der Waals surface area contributed by atoms with Crippen LogP contribution in [0.2, 0.25) is 0 Å². The van der Waals surface area contributed by atoms with E-state index in [1.54, 1.807) is 0 Å². The van der Waals surface area contributed by atoms with Gasteiger partial charge >= 0.3 is 161 Å². The Morgan fingerprint density at radius 3 is 2.36 bits per heavy atom. The van der Waals surface area contributed by atoms with Crippen LogP contribution in [0.25, 0.3) is 27.2 Å². The molecule has 0 bridgehead atoms. The van der Waals surface area contributed by atoms with Crippen molar-refractivity contribution in [1.29, 1.82) is 0 Å². The summed E-state index contributed by atoms with van der Waals surface area (Å²) < 4.78 is -0.278. The summed E-state index contributed by atoms with van der Waals surface area (Å²) >= 11 is 3.41. The third-order valence-corrected chi connectivity index (χ3v) is 5.77. The Balaban J connectivity index is 0.00000112. The number of halogens is 2. The molecule has 1 atom stereocenters. The van der Waals surface area contributed by atoms with Gasteiger partial charge < -0.3 is 24.8 Å². The SMILES string of the molecule is [Cl-].[Cl-].[Cr+2][C]1(c2cccc3cccnc23)C=CC(c2cccc3ccccc23)=C1. The first-order chi connectivity index (χ1) is 12.7. The number of para-hydroxylation sites is 1. The van der Waals surface area contributed by atoms with Gasteiger partial charge in [0.2, 0.25) is 0 Å². The summed E-state index contributed by atoms with van der Waals surface area (Å²) in [6.07, 6.45) is 8.65. The minimum absolute atomic E-state index is 0. The molecule has 0 spiro atoms. The van der Waals surface area contributed by atoms with Crippen molar-refractivity contribution in [3.05, 3.63) is 108 Å². The van der Waals surface area contributed by atoms with Crippen LogP contribution in [-0.2, 0) is 20.6 Å². The molecule has 5 rings (SSSR count). The zero-order valence-electron chi connectivity index (χ0n) is 14.8. The van der Waals surface area contributed by atoms with Crippen molar-refractivity contribution >= 4 is 27.2 Å². The number of pyridine rings is 1. The summed E-state index contributed by atoms with van der Waals surface area (Å²) in [6.45, 7) is 0. The summed E-state index contributed by atoms with van der Waals surface area (Å²) in [7, 11) is 0. The molecule has 0 radical (unpaired) electrons. The molecular formula is C24H16Cl2CrN. The quantitative estimate of drug-likeness (QED) is 0.420. The summed E-state index contributed by atoms with van der Waals surface area (Å²) in [5.41, 5.74) is 4.76. The van der Waals surface area contributed by atoms with Gasteiger partial charge in [-0.25, -0.2) is 0 Å². The zero-order chi connectivity index (χ0) is 17.6. The standard InChI is InChI=1S/C24H16N.2ClH.Cr/c1-2-10-21-17(6-1)7-3-11-22(21)19-13-14-20(16-19)23-12-4-8-18-9-5-15-25-24(18)23;;;/h1-16H;2*1H;/q;;;+2/p-2. The molecule has 4 aromatic rings. The van der Waals surface area contributed by atoms with Crippen molar-refractivity contribution in [2.24, 2.45) is 0 Å². The summed E-state index contributed by atoms with van der Waals surface area (Å²) in [5, 5.41) is 3.72. The van der Waals surface area contributed by atoms with Gasteiger partial charge in [-0.3, -0.25) is 0 Å². The van der Waals surface area contributed by atoms with E-state index in [9.17, 15) is 0 Å². The Kier molecular flexibility index (Phi) is 5.99. The third kappa shape index (κ3) is 3.39. The molecule has 1 nitrogen and oxygen atoms in total. The average molecular weight is 441 g/mol. The number of rotatable bonds is 2. The maximum absolute atomic E-state index is 4.64. The van der Waals surface area contributed by atoms with E-state index in [1.807, 2.05) is 12.3 Å². The van der Waals surface area contributed by atoms with E-state index in [-0.39, 0.29) is 29.1 Å². The molecule has 137 valence electrons. The summed E-state index contributed by atoms with van der Waals surface area (Å²) in [6, 6.07) is 25.5. The number of hydrogen-bond donors (Lipinski definition) is 0. The van der Waals surface area contributed by atoms with Crippen molar-refractivity contribution in [2.75, 3.05) is 0 Å². The van der Waals surface area contributed by atoms with Crippen LogP contribution in [0.1, 0.15) is 11.1 Å². The van der Waals surface area contributed by atoms with Crippen molar-refractivity contribution < 1.29 is 41.1 Å². The fourth-order valence-electron chi connectivity index (χ4n) is 3.77. The molecule has 1 aliphatic carbocycles. The molecule has 0 N–H and O–H groups in total.